The number of rotatable bonds is 8. The topological polar surface area (TPSA) is 43.6 Å². The first kappa shape index (κ1) is 14.1. The van der Waals surface area contributed by atoms with Crippen LogP contribution in [0, 0.1) is 0 Å². The first-order chi connectivity index (χ1) is 9.36. The van der Waals surface area contributed by atoms with Crippen LogP contribution in [0.1, 0.15) is 12.0 Å². The smallest absolute Gasteiger partial charge is 0.0702 e. The molecule has 1 N–H and O–H groups in total. The van der Waals surface area contributed by atoms with Crippen molar-refractivity contribution in [3.63, 3.8) is 0 Å². The number of aromatic nitrogens is 1. The third kappa shape index (κ3) is 3.56. The lowest BCUT2D eigenvalue weighted by Crippen LogP contribution is -2.06. The Balaban J connectivity index is 1.93. The third-order valence-corrected chi connectivity index (χ3v) is 3.16. The van der Waals surface area contributed by atoms with E-state index in [1.54, 1.807) is 7.11 Å². The summed E-state index contributed by atoms with van der Waals surface area (Å²) in [6.45, 7) is 2.98. The minimum atomic E-state index is 0.0751. The summed E-state index contributed by atoms with van der Waals surface area (Å²) < 4.78 is 12.6. The lowest BCUT2D eigenvalue weighted by atomic mass is 10.1. The summed E-state index contributed by atoms with van der Waals surface area (Å²) in [6, 6.07) is 8.10. The van der Waals surface area contributed by atoms with E-state index >= 15 is 0 Å². The SMILES string of the molecule is COCCOCCCn1ccc2cccc(CO)c21. The van der Waals surface area contributed by atoms with Crippen molar-refractivity contribution in [1.29, 1.82) is 0 Å². The van der Waals surface area contributed by atoms with Gasteiger partial charge in [0.2, 0.25) is 0 Å². The highest BCUT2D eigenvalue weighted by atomic mass is 16.5. The highest BCUT2D eigenvalue weighted by molar-refractivity contribution is 5.83. The number of methoxy groups -OCH3 is 1. The van der Waals surface area contributed by atoms with Gasteiger partial charge in [0.25, 0.3) is 0 Å². The van der Waals surface area contributed by atoms with Gasteiger partial charge in [0.1, 0.15) is 0 Å². The zero-order chi connectivity index (χ0) is 13.5. The van der Waals surface area contributed by atoms with E-state index in [-0.39, 0.29) is 6.61 Å². The van der Waals surface area contributed by atoms with Gasteiger partial charge in [-0.25, -0.2) is 0 Å². The molecule has 2 rings (SSSR count). The van der Waals surface area contributed by atoms with Gasteiger partial charge in [-0.3, -0.25) is 0 Å². The second-order valence-electron chi connectivity index (χ2n) is 4.48. The van der Waals surface area contributed by atoms with Crippen LogP contribution in [0.5, 0.6) is 0 Å². The Morgan fingerprint density at radius 1 is 1.16 bits per heavy atom. The van der Waals surface area contributed by atoms with Gasteiger partial charge in [-0.15, -0.1) is 0 Å². The molecular formula is C15H21NO3. The maximum absolute atomic E-state index is 9.40. The normalized spacial score (nSPS) is 11.3. The van der Waals surface area contributed by atoms with Crippen LogP contribution in [-0.2, 0) is 22.6 Å². The monoisotopic (exact) mass is 263 g/mol. The number of fused-ring (bicyclic) bond motifs is 1. The predicted molar refractivity (Wildman–Crippen MR) is 75.2 cm³/mol. The average molecular weight is 263 g/mol. The van der Waals surface area contributed by atoms with Crippen molar-refractivity contribution in [3.8, 4) is 0 Å². The van der Waals surface area contributed by atoms with E-state index < -0.39 is 0 Å². The van der Waals surface area contributed by atoms with Crippen LogP contribution >= 0.6 is 0 Å². The van der Waals surface area contributed by atoms with Gasteiger partial charge < -0.3 is 19.1 Å². The molecule has 0 fully saturated rings. The Hall–Kier alpha value is -1.36. The van der Waals surface area contributed by atoms with Crippen LogP contribution in [0.15, 0.2) is 30.5 Å². The predicted octanol–water partition coefficient (Wildman–Crippen LogP) is 2.19. The number of aliphatic hydroxyl groups is 1. The zero-order valence-electron chi connectivity index (χ0n) is 11.3. The fourth-order valence-corrected chi connectivity index (χ4v) is 2.24. The van der Waals surface area contributed by atoms with Crippen LogP contribution in [0.3, 0.4) is 0 Å². The third-order valence-electron chi connectivity index (χ3n) is 3.16. The molecule has 1 aromatic heterocycles. The molecule has 1 heterocycles. The summed E-state index contributed by atoms with van der Waals surface area (Å²) in [5, 5.41) is 10.6. The Bertz CT molecular complexity index is 507. The van der Waals surface area contributed by atoms with Crippen LogP contribution in [0.25, 0.3) is 10.9 Å². The molecule has 0 saturated carbocycles. The molecule has 0 aliphatic heterocycles. The largest absolute Gasteiger partial charge is 0.392 e. The zero-order valence-corrected chi connectivity index (χ0v) is 11.3. The van der Waals surface area contributed by atoms with E-state index in [0.29, 0.717) is 13.2 Å². The Morgan fingerprint density at radius 2 is 2.05 bits per heavy atom. The molecule has 0 aliphatic rings. The van der Waals surface area contributed by atoms with Crippen molar-refractivity contribution < 1.29 is 14.6 Å². The summed E-state index contributed by atoms with van der Waals surface area (Å²) in [6.07, 6.45) is 3.02. The van der Waals surface area contributed by atoms with E-state index in [2.05, 4.69) is 22.9 Å². The molecule has 19 heavy (non-hydrogen) atoms. The number of nitrogens with zero attached hydrogens (tertiary/aromatic N) is 1. The van der Waals surface area contributed by atoms with Gasteiger partial charge in [-0.05, 0) is 17.9 Å². The summed E-state index contributed by atoms with van der Waals surface area (Å²) in [5.41, 5.74) is 2.10. The maximum atomic E-state index is 9.40. The standard InChI is InChI=1S/C15H21NO3/c1-18-10-11-19-9-3-7-16-8-6-13-4-2-5-14(12-17)15(13)16/h2,4-6,8,17H,3,7,9-12H2,1H3. The molecule has 0 bridgehead atoms. The molecule has 0 spiro atoms. The molecule has 0 amide bonds. The number of para-hydroxylation sites is 1. The molecule has 0 saturated heterocycles. The Morgan fingerprint density at radius 3 is 2.84 bits per heavy atom. The summed E-state index contributed by atoms with van der Waals surface area (Å²) in [7, 11) is 1.67. The van der Waals surface area contributed by atoms with Crippen LogP contribution in [0.2, 0.25) is 0 Å². The molecule has 0 unspecified atom stereocenters. The number of hydrogen-bond donors (Lipinski definition) is 1. The minimum Gasteiger partial charge on any atom is -0.392 e. The number of aryl methyl sites for hydroxylation is 1. The van der Waals surface area contributed by atoms with Gasteiger partial charge in [-0.2, -0.15) is 0 Å². The molecule has 0 radical (unpaired) electrons. The van der Waals surface area contributed by atoms with Crippen LogP contribution in [-0.4, -0.2) is 36.6 Å². The fourth-order valence-electron chi connectivity index (χ4n) is 2.24. The lowest BCUT2D eigenvalue weighted by molar-refractivity contribution is 0.0681. The van der Waals surface area contributed by atoms with Gasteiger partial charge in [0, 0.05) is 32.0 Å². The second kappa shape index (κ2) is 7.28. The first-order valence-corrected chi connectivity index (χ1v) is 6.61. The van der Waals surface area contributed by atoms with E-state index in [1.807, 2.05) is 12.1 Å². The Kier molecular flexibility index (Phi) is 5.39. The molecule has 2 aromatic rings. The number of ether oxygens (including phenoxy) is 2. The Labute approximate surface area is 113 Å². The van der Waals surface area contributed by atoms with E-state index in [0.717, 1.165) is 30.7 Å². The number of hydrogen-bond acceptors (Lipinski definition) is 3. The van der Waals surface area contributed by atoms with Crippen molar-refractivity contribution in [2.24, 2.45) is 0 Å². The second-order valence-corrected chi connectivity index (χ2v) is 4.48. The van der Waals surface area contributed by atoms with E-state index in [1.165, 1.54) is 5.39 Å². The molecule has 104 valence electrons. The van der Waals surface area contributed by atoms with Gasteiger partial charge >= 0.3 is 0 Å². The molecular weight excluding hydrogens is 242 g/mol. The number of benzene rings is 1. The maximum Gasteiger partial charge on any atom is 0.0702 e. The fraction of sp³-hybridized carbons (Fsp3) is 0.467. The van der Waals surface area contributed by atoms with Crippen molar-refractivity contribution in [1.82, 2.24) is 4.57 Å². The number of aliphatic hydroxyl groups excluding tert-OH is 1. The van der Waals surface area contributed by atoms with Crippen LogP contribution < -0.4 is 0 Å². The van der Waals surface area contributed by atoms with Crippen molar-refractivity contribution >= 4 is 10.9 Å². The average Bonchev–Trinajstić information content (AvgIpc) is 2.86. The van der Waals surface area contributed by atoms with Crippen molar-refractivity contribution in [2.45, 2.75) is 19.6 Å². The van der Waals surface area contributed by atoms with Crippen LogP contribution in [0.4, 0.5) is 0 Å². The summed E-state index contributed by atoms with van der Waals surface area (Å²) >= 11 is 0. The summed E-state index contributed by atoms with van der Waals surface area (Å²) in [4.78, 5) is 0. The summed E-state index contributed by atoms with van der Waals surface area (Å²) in [5.74, 6) is 0. The quantitative estimate of drug-likeness (QED) is 0.742. The first-order valence-electron chi connectivity index (χ1n) is 6.61. The molecule has 4 nitrogen and oxygen atoms in total. The van der Waals surface area contributed by atoms with Gasteiger partial charge in [-0.1, -0.05) is 18.2 Å². The molecule has 1 aromatic carbocycles. The van der Waals surface area contributed by atoms with Crippen molar-refractivity contribution in [2.75, 3.05) is 26.9 Å². The van der Waals surface area contributed by atoms with E-state index in [9.17, 15) is 5.11 Å². The highest BCUT2D eigenvalue weighted by Gasteiger charge is 2.05. The highest BCUT2D eigenvalue weighted by Crippen LogP contribution is 2.20. The van der Waals surface area contributed by atoms with Crippen molar-refractivity contribution in [3.05, 3.63) is 36.0 Å². The molecule has 0 atom stereocenters. The molecule has 0 aliphatic carbocycles. The van der Waals surface area contributed by atoms with Gasteiger partial charge in [0.15, 0.2) is 0 Å². The van der Waals surface area contributed by atoms with E-state index in [4.69, 9.17) is 9.47 Å². The minimum absolute atomic E-state index is 0.0751. The van der Waals surface area contributed by atoms with Gasteiger partial charge in [0.05, 0.1) is 25.3 Å². The lowest BCUT2D eigenvalue weighted by Gasteiger charge is -2.09. The molecule has 4 heteroatoms.